The van der Waals surface area contributed by atoms with Gasteiger partial charge < -0.3 is 0 Å². The number of aryl methyl sites for hydroxylation is 3. The minimum absolute atomic E-state index is 0.109. The second-order valence-electron chi connectivity index (χ2n) is 4.05. The minimum atomic E-state index is -0.109. The predicted molar refractivity (Wildman–Crippen MR) is 70.7 cm³/mol. The van der Waals surface area contributed by atoms with Crippen LogP contribution in [0.4, 0.5) is 5.13 Å². The van der Waals surface area contributed by atoms with Gasteiger partial charge in [-0.3, -0.25) is 10.1 Å². The van der Waals surface area contributed by atoms with Crippen LogP contribution >= 0.6 is 11.3 Å². The molecule has 2 aromatic rings. The van der Waals surface area contributed by atoms with Crippen LogP contribution in [-0.2, 0) is 0 Å². The summed E-state index contributed by atoms with van der Waals surface area (Å²) in [6, 6.07) is 5.68. The van der Waals surface area contributed by atoms with Gasteiger partial charge in [-0.15, -0.1) is 11.3 Å². The maximum atomic E-state index is 11.9. The van der Waals surface area contributed by atoms with E-state index in [0.717, 1.165) is 11.3 Å². The summed E-state index contributed by atoms with van der Waals surface area (Å²) in [5.41, 5.74) is 3.89. The summed E-state index contributed by atoms with van der Waals surface area (Å²) in [4.78, 5) is 16.1. The Bertz CT molecular complexity index is 560. The van der Waals surface area contributed by atoms with Crippen LogP contribution in [0, 0.1) is 20.8 Å². The number of thiazole rings is 1. The Morgan fingerprint density at radius 3 is 2.59 bits per heavy atom. The zero-order chi connectivity index (χ0) is 12.4. The molecular weight excluding hydrogens is 232 g/mol. The predicted octanol–water partition coefficient (Wildman–Crippen LogP) is 3.32. The van der Waals surface area contributed by atoms with Gasteiger partial charge in [-0.05, 0) is 44.0 Å². The van der Waals surface area contributed by atoms with Gasteiger partial charge in [0.15, 0.2) is 5.13 Å². The lowest BCUT2D eigenvalue weighted by Gasteiger charge is -2.04. The lowest BCUT2D eigenvalue weighted by molar-refractivity contribution is 0.102. The van der Waals surface area contributed by atoms with E-state index >= 15 is 0 Å². The third-order valence-corrected chi connectivity index (χ3v) is 3.48. The van der Waals surface area contributed by atoms with Gasteiger partial charge in [0, 0.05) is 10.9 Å². The van der Waals surface area contributed by atoms with Crippen LogP contribution in [0.25, 0.3) is 0 Å². The molecule has 0 radical (unpaired) electrons. The van der Waals surface area contributed by atoms with Gasteiger partial charge in [-0.2, -0.15) is 0 Å². The molecule has 0 saturated carbocycles. The normalized spacial score (nSPS) is 10.3. The van der Waals surface area contributed by atoms with E-state index in [0.29, 0.717) is 10.7 Å². The zero-order valence-electron chi connectivity index (χ0n) is 10.1. The summed E-state index contributed by atoms with van der Waals surface area (Å²) >= 11 is 1.44. The SMILES string of the molecule is Cc1csc(NC(=O)c2ccc(C)c(C)c2)n1. The third-order valence-electron chi connectivity index (χ3n) is 2.61. The van der Waals surface area contributed by atoms with Gasteiger partial charge in [0.2, 0.25) is 0 Å². The molecule has 0 fully saturated rings. The van der Waals surface area contributed by atoms with Crippen LogP contribution in [-0.4, -0.2) is 10.9 Å². The van der Waals surface area contributed by atoms with Gasteiger partial charge in [0.05, 0.1) is 5.69 Å². The van der Waals surface area contributed by atoms with E-state index in [9.17, 15) is 4.79 Å². The van der Waals surface area contributed by atoms with Crippen LogP contribution in [0.3, 0.4) is 0 Å². The van der Waals surface area contributed by atoms with Crippen LogP contribution in [0.2, 0.25) is 0 Å². The Labute approximate surface area is 105 Å². The smallest absolute Gasteiger partial charge is 0.257 e. The summed E-state index contributed by atoms with van der Waals surface area (Å²) in [5.74, 6) is -0.109. The van der Waals surface area contributed by atoms with Crippen molar-refractivity contribution >= 4 is 22.4 Å². The average Bonchev–Trinajstić information content (AvgIpc) is 2.68. The molecule has 0 aliphatic rings. The highest BCUT2D eigenvalue weighted by Gasteiger charge is 2.08. The summed E-state index contributed by atoms with van der Waals surface area (Å²) in [6.45, 7) is 5.93. The molecule has 0 aliphatic carbocycles. The van der Waals surface area contributed by atoms with Gasteiger partial charge >= 0.3 is 0 Å². The molecule has 0 bridgehead atoms. The fourth-order valence-electron chi connectivity index (χ4n) is 1.46. The molecule has 1 heterocycles. The van der Waals surface area contributed by atoms with Crippen LogP contribution in [0.15, 0.2) is 23.6 Å². The summed E-state index contributed by atoms with van der Waals surface area (Å²) in [7, 11) is 0. The Kier molecular flexibility index (Phi) is 3.24. The molecule has 1 amide bonds. The number of nitrogens with zero attached hydrogens (tertiary/aromatic N) is 1. The molecule has 0 saturated heterocycles. The van der Waals surface area contributed by atoms with Crippen molar-refractivity contribution in [3.8, 4) is 0 Å². The lowest BCUT2D eigenvalue weighted by atomic mass is 10.1. The fraction of sp³-hybridized carbons (Fsp3) is 0.231. The van der Waals surface area contributed by atoms with Gasteiger partial charge in [-0.25, -0.2) is 4.98 Å². The van der Waals surface area contributed by atoms with E-state index in [1.165, 1.54) is 16.9 Å². The quantitative estimate of drug-likeness (QED) is 0.883. The number of amides is 1. The molecule has 0 atom stereocenters. The molecule has 4 heteroatoms. The van der Waals surface area contributed by atoms with Crippen molar-refractivity contribution in [2.45, 2.75) is 20.8 Å². The van der Waals surface area contributed by atoms with Crippen molar-refractivity contribution in [2.75, 3.05) is 5.32 Å². The first kappa shape index (κ1) is 11.8. The van der Waals surface area contributed by atoms with Crippen molar-refractivity contribution in [2.24, 2.45) is 0 Å². The van der Waals surface area contributed by atoms with Crippen LogP contribution in [0.1, 0.15) is 27.2 Å². The van der Waals surface area contributed by atoms with E-state index in [4.69, 9.17) is 0 Å². The first-order valence-electron chi connectivity index (χ1n) is 5.37. The number of nitrogens with one attached hydrogen (secondary N) is 1. The minimum Gasteiger partial charge on any atom is -0.298 e. The number of anilines is 1. The van der Waals surface area contributed by atoms with Gasteiger partial charge in [-0.1, -0.05) is 6.07 Å². The summed E-state index contributed by atoms with van der Waals surface area (Å²) < 4.78 is 0. The highest BCUT2D eigenvalue weighted by atomic mass is 32.1. The topological polar surface area (TPSA) is 42.0 Å². The van der Waals surface area contributed by atoms with E-state index in [2.05, 4.69) is 10.3 Å². The highest BCUT2D eigenvalue weighted by molar-refractivity contribution is 7.13. The maximum absolute atomic E-state index is 11.9. The van der Waals surface area contributed by atoms with E-state index in [-0.39, 0.29) is 5.91 Å². The maximum Gasteiger partial charge on any atom is 0.257 e. The number of carbonyl (C=O) groups excluding carboxylic acids is 1. The second-order valence-corrected chi connectivity index (χ2v) is 4.91. The monoisotopic (exact) mass is 246 g/mol. The molecule has 88 valence electrons. The number of aromatic nitrogens is 1. The average molecular weight is 246 g/mol. The molecule has 1 aromatic carbocycles. The molecule has 17 heavy (non-hydrogen) atoms. The molecule has 1 aromatic heterocycles. The van der Waals surface area contributed by atoms with Crippen molar-refractivity contribution in [1.82, 2.24) is 4.98 Å². The number of hydrogen-bond acceptors (Lipinski definition) is 3. The molecular formula is C13H14N2OS. The van der Waals surface area contributed by atoms with Crippen LogP contribution in [0.5, 0.6) is 0 Å². The van der Waals surface area contributed by atoms with E-state index in [1.54, 1.807) is 0 Å². The molecule has 0 aliphatic heterocycles. The van der Waals surface area contributed by atoms with Crippen molar-refractivity contribution in [1.29, 1.82) is 0 Å². The Balaban J connectivity index is 2.17. The standard InChI is InChI=1S/C13H14N2OS/c1-8-4-5-11(6-9(8)2)12(16)15-13-14-10(3)7-17-13/h4-7H,1-3H3,(H,14,15,16). The Morgan fingerprint density at radius 1 is 1.24 bits per heavy atom. The molecule has 1 N–H and O–H groups in total. The van der Waals surface area contributed by atoms with Gasteiger partial charge in [0.1, 0.15) is 0 Å². The molecule has 0 unspecified atom stereocenters. The van der Waals surface area contributed by atoms with E-state index < -0.39 is 0 Å². The Hall–Kier alpha value is -1.68. The second kappa shape index (κ2) is 4.67. The molecule has 3 nitrogen and oxygen atoms in total. The van der Waals surface area contributed by atoms with Crippen molar-refractivity contribution in [3.05, 3.63) is 46.0 Å². The van der Waals surface area contributed by atoms with Gasteiger partial charge in [0.25, 0.3) is 5.91 Å². The number of rotatable bonds is 2. The van der Waals surface area contributed by atoms with Crippen molar-refractivity contribution < 1.29 is 4.79 Å². The fourth-order valence-corrected chi connectivity index (χ4v) is 2.15. The zero-order valence-corrected chi connectivity index (χ0v) is 10.9. The third kappa shape index (κ3) is 2.71. The molecule has 2 rings (SSSR count). The van der Waals surface area contributed by atoms with E-state index in [1.807, 2.05) is 44.4 Å². The van der Waals surface area contributed by atoms with Crippen molar-refractivity contribution in [3.63, 3.8) is 0 Å². The Morgan fingerprint density at radius 2 is 2.00 bits per heavy atom. The lowest BCUT2D eigenvalue weighted by Crippen LogP contribution is -2.12. The highest BCUT2D eigenvalue weighted by Crippen LogP contribution is 2.16. The largest absolute Gasteiger partial charge is 0.298 e. The van der Waals surface area contributed by atoms with Crippen LogP contribution < -0.4 is 5.32 Å². The summed E-state index contributed by atoms with van der Waals surface area (Å²) in [5, 5.41) is 5.35. The first-order valence-corrected chi connectivity index (χ1v) is 6.25. The first-order chi connectivity index (χ1) is 8.06. The number of benzene rings is 1. The number of carbonyl (C=O) groups is 1. The number of hydrogen-bond donors (Lipinski definition) is 1. The molecule has 0 spiro atoms. The summed E-state index contributed by atoms with van der Waals surface area (Å²) in [6.07, 6.45) is 0.